The molecule has 0 unspecified atom stereocenters. The summed E-state index contributed by atoms with van der Waals surface area (Å²) < 4.78 is 42.9. The molecule has 0 bridgehead atoms. The number of alkyl halides is 3. The lowest BCUT2D eigenvalue weighted by molar-refractivity contribution is -0.182. The van der Waals surface area contributed by atoms with E-state index in [2.05, 4.69) is 5.32 Å². The van der Waals surface area contributed by atoms with Gasteiger partial charge in [-0.2, -0.15) is 13.2 Å². The number of furan rings is 1. The van der Waals surface area contributed by atoms with Gasteiger partial charge in [0.25, 0.3) is 0 Å². The van der Waals surface area contributed by atoms with Gasteiger partial charge in [0.05, 0.1) is 12.2 Å². The minimum absolute atomic E-state index is 0.0255. The Morgan fingerprint density at radius 1 is 1.33 bits per heavy atom. The van der Waals surface area contributed by atoms with Gasteiger partial charge in [-0.15, -0.1) is 0 Å². The van der Waals surface area contributed by atoms with Crippen LogP contribution < -0.4 is 5.32 Å². The maximum absolute atomic E-state index is 12.6. The average Bonchev–Trinajstić information content (AvgIpc) is 2.92. The SMILES string of the molecule is C[C@H](C[C@H](O)c1ccco1)NC1CCC(C(F)(F)F)CC1. The number of hydrogen-bond donors (Lipinski definition) is 2. The lowest BCUT2D eigenvalue weighted by Gasteiger charge is -2.32. The second kappa shape index (κ2) is 6.83. The normalized spacial score (nSPS) is 26.5. The molecule has 2 N–H and O–H groups in total. The van der Waals surface area contributed by atoms with Crippen molar-refractivity contribution in [2.24, 2.45) is 5.92 Å². The first-order chi connectivity index (χ1) is 9.86. The Kier molecular flexibility index (Phi) is 5.32. The van der Waals surface area contributed by atoms with E-state index in [-0.39, 0.29) is 24.9 Å². The molecule has 6 heteroatoms. The Morgan fingerprint density at radius 3 is 2.52 bits per heavy atom. The largest absolute Gasteiger partial charge is 0.467 e. The topological polar surface area (TPSA) is 45.4 Å². The van der Waals surface area contributed by atoms with Crippen LogP contribution in [0.1, 0.15) is 50.9 Å². The third-order valence-electron chi connectivity index (χ3n) is 4.16. The van der Waals surface area contributed by atoms with Gasteiger partial charge in [0, 0.05) is 12.1 Å². The zero-order chi connectivity index (χ0) is 15.5. The highest BCUT2D eigenvalue weighted by molar-refractivity contribution is 5.02. The van der Waals surface area contributed by atoms with E-state index in [4.69, 9.17) is 4.42 Å². The van der Waals surface area contributed by atoms with Crippen LogP contribution in [-0.4, -0.2) is 23.4 Å². The van der Waals surface area contributed by atoms with Crippen molar-refractivity contribution in [3.05, 3.63) is 24.2 Å². The van der Waals surface area contributed by atoms with Crippen LogP contribution in [0.3, 0.4) is 0 Å². The molecule has 2 rings (SSSR count). The van der Waals surface area contributed by atoms with Crippen LogP contribution >= 0.6 is 0 Å². The molecule has 2 atom stereocenters. The highest BCUT2D eigenvalue weighted by Crippen LogP contribution is 2.37. The Morgan fingerprint density at radius 2 is 2.00 bits per heavy atom. The molecule has 0 spiro atoms. The number of rotatable bonds is 5. The summed E-state index contributed by atoms with van der Waals surface area (Å²) >= 11 is 0. The maximum Gasteiger partial charge on any atom is 0.391 e. The minimum Gasteiger partial charge on any atom is -0.467 e. The van der Waals surface area contributed by atoms with Crippen LogP contribution in [0.25, 0.3) is 0 Å². The molecule has 1 aromatic heterocycles. The maximum atomic E-state index is 12.6. The first-order valence-electron chi connectivity index (χ1n) is 7.40. The van der Waals surface area contributed by atoms with Crippen molar-refractivity contribution in [3.8, 4) is 0 Å². The van der Waals surface area contributed by atoms with E-state index in [9.17, 15) is 18.3 Å². The molecular formula is C15H22F3NO2. The van der Waals surface area contributed by atoms with Gasteiger partial charge in [-0.3, -0.25) is 0 Å². The van der Waals surface area contributed by atoms with Crippen molar-refractivity contribution >= 4 is 0 Å². The average molecular weight is 305 g/mol. The first-order valence-corrected chi connectivity index (χ1v) is 7.40. The van der Waals surface area contributed by atoms with E-state index < -0.39 is 18.2 Å². The predicted molar refractivity (Wildman–Crippen MR) is 72.7 cm³/mol. The molecule has 1 aliphatic rings. The van der Waals surface area contributed by atoms with Gasteiger partial charge in [0.2, 0.25) is 0 Å². The summed E-state index contributed by atoms with van der Waals surface area (Å²) in [5.74, 6) is -0.635. The smallest absolute Gasteiger partial charge is 0.391 e. The third kappa shape index (κ3) is 4.74. The number of halogens is 3. The van der Waals surface area contributed by atoms with Crippen molar-refractivity contribution in [1.29, 1.82) is 0 Å². The molecule has 1 heterocycles. The van der Waals surface area contributed by atoms with Gasteiger partial charge in [0.1, 0.15) is 11.9 Å². The van der Waals surface area contributed by atoms with Crippen LogP contribution in [0.5, 0.6) is 0 Å². The summed E-state index contributed by atoms with van der Waals surface area (Å²) in [6, 6.07) is 3.56. The molecule has 1 fully saturated rings. The van der Waals surface area contributed by atoms with E-state index in [1.54, 1.807) is 12.1 Å². The fourth-order valence-corrected chi connectivity index (χ4v) is 2.99. The van der Waals surface area contributed by atoms with Crippen molar-refractivity contribution < 1.29 is 22.7 Å². The van der Waals surface area contributed by atoms with Crippen molar-refractivity contribution in [1.82, 2.24) is 5.32 Å². The summed E-state index contributed by atoms with van der Waals surface area (Å²) in [5.41, 5.74) is 0. The van der Waals surface area contributed by atoms with Gasteiger partial charge in [-0.25, -0.2) is 0 Å². The number of aliphatic hydroxyl groups is 1. The molecule has 0 amide bonds. The van der Waals surface area contributed by atoms with Crippen LogP contribution in [-0.2, 0) is 0 Å². The third-order valence-corrected chi connectivity index (χ3v) is 4.16. The van der Waals surface area contributed by atoms with Gasteiger partial charge < -0.3 is 14.8 Å². The molecule has 0 radical (unpaired) electrons. The Labute approximate surface area is 122 Å². The molecule has 3 nitrogen and oxygen atoms in total. The standard InChI is InChI=1S/C15H22F3NO2/c1-10(9-13(20)14-3-2-8-21-14)19-12-6-4-11(5-7-12)15(16,17)18/h2-3,8,10-13,19-20H,4-7,9H2,1H3/t10-,11?,12?,13+/m1/s1. The molecule has 0 aromatic carbocycles. The highest BCUT2D eigenvalue weighted by atomic mass is 19.4. The van der Waals surface area contributed by atoms with Crippen LogP contribution in [0.15, 0.2) is 22.8 Å². The highest BCUT2D eigenvalue weighted by Gasteiger charge is 2.41. The lowest BCUT2D eigenvalue weighted by Crippen LogP contribution is -2.41. The van der Waals surface area contributed by atoms with Crippen LogP contribution in [0, 0.1) is 5.92 Å². The summed E-state index contributed by atoms with van der Waals surface area (Å²) in [4.78, 5) is 0. The molecule has 1 aromatic rings. The number of nitrogens with one attached hydrogen (secondary N) is 1. The summed E-state index contributed by atoms with van der Waals surface area (Å²) in [5, 5.41) is 13.3. The second-order valence-corrected chi connectivity index (χ2v) is 5.92. The lowest BCUT2D eigenvalue weighted by atomic mass is 9.85. The summed E-state index contributed by atoms with van der Waals surface area (Å²) in [6.45, 7) is 1.93. The molecule has 0 saturated heterocycles. The van der Waals surface area contributed by atoms with E-state index >= 15 is 0 Å². The first kappa shape index (κ1) is 16.4. The van der Waals surface area contributed by atoms with Gasteiger partial charge in [-0.05, 0) is 51.2 Å². The second-order valence-electron chi connectivity index (χ2n) is 5.92. The van der Waals surface area contributed by atoms with Crippen molar-refractivity contribution in [3.63, 3.8) is 0 Å². The molecule has 120 valence electrons. The van der Waals surface area contributed by atoms with Gasteiger partial charge in [0.15, 0.2) is 0 Å². The van der Waals surface area contributed by atoms with E-state index in [1.807, 2.05) is 6.92 Å². The number of aliphatic hydroxyl groups excluding tert-OH is 1. The molecule has 1 aliphatic carbocycles. The van der Waals surface area contributed by atoms with E-state index in [1.165, 1.54) is 6.26 Å². The number of hydrogen-bond acceptors (Lipinski definition) is 3. The van der Waals surface area contributed by atoms with Gasteiger partial charge in [-0.1, -0.05) is 0 Å². The molecule has 1 saturated carbocycles. The predicted octanol–water partition coefficient (Wildman–Crippen LogP) is 3.80. The Hall–Kier alpha value is -1.01. The molecule has 0 aliphatic heterocycles. The zero-order valence-corrected chi connectivity index (χ0v) is 12.1. The van der Waals surface area contributed by atoms with Crippen molar-refractivity contribution in [2.45, 2.75) is 63.4 Å². The Bertz CT molecular complexity index is 411. The Balaban J connectivity index is 1.73. The van der Waals surface area contributed by atoms with Crippen LogP contribution in [0.2, 0.25) is 0 Å². The fraction of sp³-hybridized carbons (Fsp3) is 0.733. The summed E-state index contributed by atoms with van der Waals surface area (Å²) in [6.07, 6.45) is -1.32. The molecule has 21 heavy (non-hydrogen) atoms. The fourth-order valence-electron chi connectivity index (χ4n) is 2.99. The van der Waals surface area contributed by atoms with E-state index in [0.717, 1.165) is 0 Å². The molecular weight excluding hydrogens is 283 g/mol. The van der Waals surface area contributed by atoms with Gasteiger partial charge >= 0.3 is 6.18 Å². The minimum atomic E-state index is -4.06. The van der Waals surface area contributed by atoms with E-state index in [0.29, 0.717) is 25.0 Å². The van der Waals surface area contributed by atoms with Crippen LogP contribution in [0.4, 0.5) is 13.2 Å². The summed E-state index contributed by atoms with van der Waals surface area (Å²) in [7, 11) is 0. The zero-order valence-electron chi connectivity index (χ0n) is 12.1. The van der Waals surface area contributed by atoms with Crippen molar-refractivity contribution in [2.75, 3.05) is 0 Å². The quantitative estimate of drug-likeness (QED) is 0.869. The monoisotopic (exact) mass is 305 g/mol.